The highest BCUT2D eigenvalue weighted by molar-refractivity contribution is 5.38. The summed E-state index contributed by atoms with van der Waals surface area (Å²) in [6.45, 7) is 4.08. The first-order valence-electron chi connectivity index (χ1n) is 8.95. The molecule has 25 heavy (non-hydrogen) atoms. The molecule has 0 amide bonds. The van der Waals surface area contributed by atoms with E-state index in [0.717, 1.165) is 50.3 Å². The van der Waals surface area contributed by atoms with Gasteiger partial charge in [0.05, 0.1) is 19.3 Å². The van der Waals surface area contributed by atoms with Crippen LogP contribution in [0.3, 0.4) is 0 Å². The zero-order valence-electron chi connectivity index (χ0n) is 14.4. The van der Waals surface area contributed by atoms with E-state index < -0.39 is 0 Å². The van der Waals surface area contributed by atoms with Crippen LogP contribution in [0.25, 0.3) is 0 Å². The van der Waals surface area contributed by atoms with E-state index >= 15 is 0 Å². The Morgan fingerprint density at radius 3 is 2.92 bits per heavy atom. The van der Waals surface area contributed by atoms with E-state index in [1.165, 1.54) is 0 Å². The standard InChI is InChI=1S/C19H24N4O2/c1-6-19(14-24-12-16-2-7-20-8-3-16)13-23(10-5-17(19)25-11-1)18-4-9-21-15-22-18/h2-4,7-9,15,17H,1,5-6,10-14H2/t17-,19+/m0/s1. The third-order valence-electron chi connectivity index (χ3n) is 5.29. The van der Waals surface area contributed by atoms with Crippen LogP contribution in [0.1, 0.15) is 24.8 Å². The van der Waals surface area contributed by atoms with E-state index in [0.29, 0.717) is 13.2 Å². The van der Waals surface area contributed by atoms with Crippen molar-refractivity contribution in [1.82, 2.24) is 15.0 Å². The number of piperidine rings is 1. The Kier molecular flexibility index (Phi) is 4.90. The minimum atomic E-state index is 0.0362. The summed E-state index contributed by atoms with van der Waals surface area (Å²) in [6.07, 6.45) is 10.5. The smallest absolute Gasteiger partial charge is 0.131 e. The van der Waals surface area contributed by atoms with E-state index in [1.807, 2.05) is 18.2 Å². The molecule has 2 fully saturated rings. The number of anilines is 1. The van der Waals surface area contributed by atoms with Gasteiger partial charge in [0.15, 0.2) is 0 Å². The molecule has 0 N–H and O–H groups in total. The summed E-state index contributed by atoms with van der Waals surface area (Å²) < 4.78 is 12.3. The minimum Gasteiger partial charge on any atom is -0.377 e. The van der Waals surface area contributed by atoms with Crippen molar-refractivity contribution < 1.29 is 9.47 Å². The molecule has 2 aromatic heterocycles. The van der Waals surface area contributed by atoms with Crippen molar-refractivity contribution in [1.29, 1.82) is 0 Å². The Balaban J connectivity index is 1.46. The quantitative estimate of drug-likeness (QED) is 0.833. The molecule has 0 spiro atoms. The average molecular weight is 340 g/mol. The zero-order chi connectivity index (χ0) is 17.0. The highest BCUT2D eigenvalue weighted by Crippen LogP contribution is 2.41. The SMILES string of the molecule is c1cc(COC[C@]23CCCO[C@H]2CCN(c2ccncn2)C3)ccn1. The summed E-state index contributed by atoms with van der Waals surface area (Å²) in [5.74, 6) is 0.993. The topological polar surface area (TPSA) is 60.4 Å². The van der Waals surface area contributed by atoms with Crippen LogP contribution >= 0.6 is 0 Å². The molecule has 0 aliphatic carbocycles. The Morgan fingerprint density at radius 1 is 1.20 bits per heavy atom. The molecule has 6 heteroatoms. The number of rotatable bonds is 5. The van der Waals surface area contributed by atoms with Crippen LogP contribution in [0.2, 0.25) is 0 Å². The summed E-state index contributed by atoms with van der Waals surface area (Å²) >= 11 is 0. The van der Waals surface area contributed by atoms with Crippen molar-refractivity contribution in [3.8, 4) is 0 Å². The fourth-order valence-electron chi connectivity index (χ4n) is 4.02. The lowest BCUT2D eigenvalue weighted by molar-refractivity contribution is -0.127. The number of aromatic nitrogens is 3. The van der Waals surface area contributed by atoms with Gasteiger partial charge < -0.3 is 14.4 Å². The Morgan fingerprint density at radius 2 is 2.08 bits per heavy atom. The van der Waals surface area contributed by atoms with Gasteiger partial charge in [0, 0.05) is 43.7 Å². The van der Waals surface area contributed by atoms with Crippen LogP contribution < -0.4 is 4.90 Å². The Labute approximate surface area is 148 Å². The number of hydrogen-bond acceptors (Lipinski definition) is 6. The van der Waals surface area contributed by atoms with Crippen molar-refractivity contribution in [3.63, 3.8) is 0 Å². The second-order valence-electron chi connectivity index (χ2n) is 6.95. The average Bonchev–Trinajstić information content (AvgIpc) is 2.69. The fourth-order valence-corrected chi connectivity index (χ4v) is 4.02. The van der Waals surface area contributed by atoms with Crippen molar-refractivity contribution in [3.05, 3.63) is 48.7 Å². The molecule has 2 aliphatic heterocycles. The van der Waals surface area contributed by atoms with Gasteiger partial charge in [-0.05, 0) is 43.0 Å². The Hall–Kier alpha value is -2.05. The number of ether oxygens (including phenoxy) is 2. The maximum absolute atomic E-state index is 6.14. The van der Waals surface area contributed by atoms with Gasteiger partial charge in [-0.25, -0.2) is 9.97 Å². The number of pyridine rings is 1. The van der Waals surface area contributed by atoms with Gasteiger partial charge in [0.2, 0.25) is 0 Å². The maximum Gasteiger partial charge on any atom is 0.131 e. The van der Waals surface area contributed by atoms with Crippen molar-refractivity contribution in [2.75, 3.05) is 31.2 Å². The van der Waals surface area contributed by atoms with Crippen LogP contribution in [-0.4, -0.2) is 47.4 Å². The molecule has 4 rings (SSSR count). The lowest BCUT2D eigenvalue weighted by atomic mass is 9.73. The molecule has 2 aromatic rings. The summed E-state index contributed by atoms with van der Waals surface area (Å²) in [7, 11) is 0. The molecular weight excluding hydrogens is 316 g/mol. The first kappa shape index (κ1) is 16.4. The molecule has 2 saturated heterocycles. The van der Waals surface area contributed by atoms with Gasteiger partial charge in [0.25, 0.3) is 0 Å². The molecule has 0 saturated carbocycles. The van der Waals surface area contributed by atoms with Crippen molar-refractivity contribution in [2.45, 2.75) is 32.0 Å². The predicted molar refractivity (Wildman–Crippen MR) is 94.2 cm³/mol. The largest absolute Gasteiger partial charge is 0.377 e. The number of nitrogens with zero attached hydrogens (tertiary/aromatic N) is 4. The summed E-state index contributed by atoms with van der Waals surface area (Å²) in [6, 6.07) is 5.98. The van der Waals surface area contributed by atoms with Gasteiger partial charge in [-0.3, -0.25) is 4.98 Å². The molecular formula is C19H24N4O2. The first-order valence-corrected chi connectivity index (χ1v) is 8.95. The van der Waals surface area contributed by atoms with Gasteiger partial charge in [0.1, 0.15) is 12.1 Å². The maximum atomic E-state index is 6.14. The molecule has 0 unspecified atom stereocenters. The fraction of sp³-hybridized carbons (Fsp3) is 0.526. The molecule has 6 nitrogen and oxygen atoms in total. The van der Waals surface area contributed by atoms with E-state index in [4.69, 9.17) is 9.47 Å². The Bertz CT molecular complexity index is 670. The molecule has 132 valence electrons. The lowest BCUT2D eigenvalue weighted by Gasteiger charge is -2.50. The predicted octanol–water partition coefficient (Wildman–Crippen LogP) is 2.46. The third-order valence-corrected chi connectivity index (χ3v) is 5.29. The first-order chi connectivity index (χ1) is 12.4. The zero-order valence-corrected chi connectivity index (χ0v) is 14.4. The monoisotopic (exact) mass is 340 g/mol. The lowest BCUT2D eigenvalue weighted by Crippen LogP contribution is -2.57. The third kappa shape index (κ3) is 3.65. The van der Waals surface area contributed by atoms with Crippen molar-refractivity contribution in [2.24, 2.45) is 5.41 Å². The molecule has 4 heterocycles. The van der Waals surface area contributed by atoms with Crippen molar-refractivity contribution >= 4 is 5.82 Å². The second kappa shape index (κ2) is 7.45. The summed E-state index contributed by atoms with van der Waals surface area (Å²) in [5, 5.41) is 0. The highest BCUT2D eigenvalue weighted by atomic mass is 16.5. The molecule has 0 radical (unpaired) electrons. The van der Waals surface area contributed by atoms with Gasteiger partial charge in [-0.15, -0.1) is 0 Å². The van der Waals surface area contributed by atoms with Gasteiger partial charge in [-0.2, -0.15) is 0 Å². The number of fused-ring (bicyclic) bond motifs is 1. The van der Waals surface area contributed by atoms with E-state index in [2.05, 4.69) is 19.9 Å². The molecule has 2 aliphatic rings. The molecule has 0 aromatic carbocycles. The second-order valence-corrected chi connectivity index (χ2v) is 6.95. The van der Waals surface area contributed by atoms with Crippen LogP contribution in [0.5, 0.6) is 0 Å². The van der Waals surface area contributed by atoms with E-state index in [-0.39, 0.29) is 11.5 Å². The molecule has 2 atom stereocenters. The highest BCUT2D eigenvalue weighted by Gasteiger charge is 2.46. The van der Waals surface area contributed by atoms with Crippen LogP contribution in [-0.2, 0) is 16.1 Å². The summed E-state index contributed by atoms with van der Waals surface area (Å²) in [5.41, 5.74) is 1.19. The number of hydrogen-bond donors (Lipinski definition) is 0. The normalized spacial score (nSPS) is 26.2. The minimum absolute atomic E-state index is 0.0362. The van der Waals surface area contributed by atoms with E-state index in [1.54, 1.807) is 24.9 Å². The van der Waals surface area contributed by atoms with Crippen LogP contribution in [0.4, 0.5) is 5.82 Å². The van der Waals surface area contributed by atoms with Gasteiger partial charge in [-0.1, -0.05) is 0 Å². The summed E-state index contributed by atoms with van der Waals surface area (Å²) in [4.78, 5) is 14.9. The van der Waals surface area contributed by atoms with Crippen LogP contribution in [0, 0.1) is 5.41 Å². The van der Waals surface area contributed by atoms with Crippen LogP contribution in [0.15, 0.2) is 43.1 Å². The van der Waals surface area contributed by atoms with E-state index in [9.17, 15) is 0 Å². The van der Waals surface area contributed by atoms with Gasteiger partial charge >= 0.3 is 0 Å². The molecule has 0 bridgehead atoms.